The van der Waals surface area contributed by atoms with Crippen molar-refractivity contribution in [2.24, 2.45) is 0 Å². The van der Waals surface area contributed by atoms with Crippen molar-refractivity contribution in [3.63, 3.8) is 0 Å². The summed E-state index contributed by atoms with van der Waals surface area (Å²) in [6.07, 6.45) is -0.810. The van der Waals surface area contributed by atoms with Gasteiger partial charge in [0.2, 0.25) is 17.6 Å². The number of nitrogens with zero attached hydrogens (tertiary/aromatic N) is 4. The molecule has 1 saturated heterocycles. The van der Waals surface area contributed by atoms with Gasteiger partial charge in [-0.05, 0) is 24.3 Å². The number of hydrogen-bond acceptors (Lipinski definition) is 6. The molecule has 0 bridgehead atoms. The Bertz CT molecular complexity index is 810. The fourth-order valence-corrected chi connectivity index (χ4v) is 2.77. The number of aliphatic hydroxyl groups is 1. The van der Waals surface area contributed by atoms with Crippen molar-refractivity contribution in [3.8, 4) is 11.4 Å². The smallest absolute Gasteiger partial charge is 0.317 e. The standard InChI is InChI=1S/C17H20FN5O4/c1-11(24)22-6-7-23(10-14(25)9-22)17(26)19-8-15-20-16(21-27-15)12-2-4-13(18)5-3-12/h2-5,14,25H,6-10H2,1H3,(H,19,26). The van der Waals surface area contributed by atoms with Gasteiger partial charge in [0.05, 0.1) is 19.2 Å². The van der Waals surface area contributed by atoms with Crippen LogP contribution in [-0.4, -0.2) is 69.3 Å². The molecule has 0 aliphatic carbocycles. The van der Waals surface area contributed by atoms with E-state index in [4.69, 9.17) is 4.52 Å². The zero-order valence-electron chi connectivity index (χ0n) is 14.8. The molecule has 1 aliphatic rings. The third-order valence-corrected chi connectivity index (χ3v) is 4.20. The van der Waals surface area contributed by atoms with Crippen LogP contribution in [0.4, 0.5) is 9.18 Å². The van der Waals surface area contributed by atoms with Crippen LogP contribution in [0.25, 0.3) is 11.4 Å². The third kappa shape index (κ3) is 4.79. The number of nitrogens with one attached hydrogen (secondary N) is 1. The van der Waals surface area contributed by atoms with Crippen molar-refractivity contribution < 1.29 is 23.6 Å². The molecule has 9 nitrogen and oxygen atoms in total. The number of aliphatic hydroxyl groups excluding tert-OH is 1. The summed E-state index contributed by atoms with van der Waals surface area (Å²) in [4.78, 5) is 30.9. The molecule has 0 saturated carbocycles. The Hall–Kier alpha value is -3.01. The lowest BCUT2D eigenvalue weighted by atomic mass is 10.2. The molecule has 2 heterocycles. The summed E-state index contributed by atoms with van der Waals surface area (Å²) in [5.41, 5.74) is 0.595. The second-order valence-electron chi connectivity index (χ2n) is 6.24. The lowest BCUT2D eigenvalue weighted by Crippen LogP contribution is -2.43. The van der Waals surface area contributed by atoms with E-state index in [1.54, 1.807) is 0 Å². The van der Waals surface area contributed by atoms with E-state index in [1.807, 2.05) is 0 Å². The largest absolute Gasteiger partial charge is 0.389 e. The molecule has 1 aromatic heterocycles. The maximum absolute atomic E-state index is 13.0. The van der Waals surface area contributed by atoms with Crippen molar-refractivity contribution in [1.29, 1.82) is 0 Å². The minimum atomic E-state index is -0.810. The minimum Gasteiger partial charge on any atom is -0.389 e. The molecule has 3 rings (SSSR count). The van der Waals surface area contributed by atoms with E-state index in [1.165, 1.54) is 41.0 Å². The number of halogens is 1. The Kier molecular flexibility index (Phi) is 5.65. The number of β-amino-alcohol motifs (C(OH)–C–C–N with tert-alkyl or cyclic N) is 1. The molecule has 1 aromatic carbocycles. The molecule has 10 heteroatoms. The van der Waals surface area contributed by atoms with Gasteiger partial charge in [-0.15, -0.1) is 0 Å². The summed E-state index contributed by atoms with van der Waals surface area (Å²) < 4.78 is 18.1. The summed E-state index contributed by atoms with van der Waals surface area (Å²) in [5.74, 6) is -0.0156. The van der Waals surface area contributed by atoms with Gasteiger partial charge in [-0.1, -0.05) is 5.16 Å². The molecule has 144 valence electrons. The van der Waals surface area contributed by atoms with Crippen molar-refractivity contribution >= 4 is 11.9 Å². The lowest BCUT2D eigenvalue weighted by molar-refractivity contribution is -0.129. The summed E-state index contributed by atoms with van der Waals surface area (Å²) in [5, 5.41) is 16.4. The number of rotatable bonds is 3. The van der Waals surface area contributed by atoms with Crippen LogP contribution in [0.2, 0.25) is 0 Å². The maximum atomic E-state index is 13.0. The van der Waals surface area contributed by atoms with Gasteiger partial charge in [0, 0.05) is 32.1 Å². The molecular formula is C17H20FN5O4. The molecule has 27 heavy (non-hydrogen) atoms. The molecule has 1 atom stereocenters. The average molecular weight is 377 g/mol. The van der Waals surface area contributed by atoms with Crippen molar-refractivity contribution in [1.82, 2.24) is 25.3 Å². The van der Waals surface area contributed by atoms with Crippen LogP contribution < -0.4 is 5.32 Å². The van der Waals surface area contributed by atoms with Gasteiger partial charge in [0.25, 0.3) is 0 Å². The molecule has 1 aliphatic heterocycles. The van der Waals surface area contributed by atoms with Crippen LogP contribution in [0.1, 0.15) is 12.8 Å². The Morgan fingerprint density at radius 2 is 1.93 bits per heavy atom. The summed E-state index contributed by atoms with van der Waals surface area (Å²) in [6.45, 7) is 2.43. The van der Waals surface area contributed by atoms with Crippen LogP contribution in [0, 0.1) is 5.82 Å². The number of urea groups is 1. The SMILES string of the molecule is CC(=O)N1CCN(C(=O)NCc2nc(-c3ccc(F)cc3)no2)CC(O)C1. The van der Waals surface area contributed by atoms with Crippen LogP contribution in [0.15, 0.2) is 28.8 Å². The van der Waals surface area contributed by atoms with Crippen LogP contribution in [0.5, 0.6) is 0 Å². The van der Waals surface area contributed by atoms with E-state index >= 15 is 0 Å². The minimum absolute atomic E-state index is 0.00997. The number of benzene rings is 1. The number of carbonyl (C=O) groups excluding carboxylic acids is 2. The van der Waals surface area contributed by atoms with Gasteiger partial charge in [0.15, 0.2) is 0 Å². The quantitative estimate of drug-likeness (QED) is 0.811. The highest BCUT2D eigenvalue weighted by Crippen LogP contribution is 2.16. The Morgan fingerprint density at radius 3 is 2.63 bits per heavy atom. The van der Waals surface area contributed by atoms with E-state index in [0.29, 0.717) is 24.5 Å². The maximum Gasteiger partial charge on any atom is 0.317 e. The Labute approximate surface area is 154 Å². The average Bonchev–Trinajstić information content (AvgIpc) is 3.01. The third-order valence-electron chi connectivity index (χ3n) is 4.20. The molecule has 3 amide bonds. The molecule has 1 fully saturated rings. The predicted molar refractivity (Wildman–Crippen MR) is 91.8 cm³/mol. The highest BCUT2D eigenvalue weighted by atomic mass is 19.1. The molecular weight excluding hydrogens is 357 g/mol. The monoisotopic (exact) mass is 377 g/mol. The Morgan fingerprint density at radius 1 is 1.26 bits per heavy atom. The lowest BCUT2D eigenvalue weighted by Gasteiger charge is -2.21. The number of aromatic nitrogens is 2. The van der Waals surface area contributed by atoms with E-state index in [-0.39, 0.29) is 37.2 Å². The fourth-order valence-electron chi connectivity index (χ4n) is 2.77. The first-order chi connectivity index (χ1) is 12.9. The van der Waals surface area contributed by atoms with Crippen LogP contribution in [0.3, 0.4) is 0 Å². The normalized spacial score (nSPS) is 17.5. The predicted octanol–water partition coefficient (Wildman–Crippen LogP) is 0.610. The van der Waals surface area contributed by atoms with Crippen LogP contribution in [-0.2, 0) is 11.3 Å². The topological polar surface area (TPSA) is 112 Å². The van der Waals surface area contributed by atoms with E-state index in [0.717, 1.165) is 0 Å². The van der Waals surface area contributed by atoms with Gasteiger partial charge in [-0.25, -0.2) is 9.18 Å². The van der Waals surface area contributed by atoms with Crippen molar-refractivity contribution in [2.75, 3.05) is 26.2 Å². The summed E-state index contributed by atoms with van der Waals surface area (Å²) in [7, 11) is 0. The number of hydrogen-bond donors (Lipinski definition) is 2. The molecule has 2 aromatic rings. The first kappa shape index (κ1) is 18.8. The van der Waals surface area contributed by atoms with E-state index in [9.17, 15) is 19.1 Å². The highest BCUT2D eigenvalue weighted by Gasteiger charge is 2.25. The first-order valence-corrected chi connectivity index (χ1v) is 8.47. The van der Waals surface area contributed by atoms with Gasteiger partial charge in [-0.2, -0.15) is 4.98 Å². The molecule has 1 unspecified atom stereocenters. The Balaban J connectivity index is 1.56. The van der Waals surface area contributed by atoms with E-state index < -0.39 is 12.1 Å². The summed E-state index contributed by atoms with van der Waals surface area (Å²) in [6, 6.07) is 5.25. The van der Waals surface area contributed by atoms with Crippen molar-refractivity contribution in [2.45, 2.75) is 19.6 Å². The van der Waals surface area contributed by atoms with E-state index in [2.05, 4.69) is 15.5 Å². The summed E-state index contributed by atoms with van der Waals surface area (Å²) >= 11 is 0. The highest BCUT2D eigenvalue weighted by molar-refractivity contribution is 5.75. The van der Waals surface area contributed by atoms with Gasteiger partial charge >= 0.3 is 6.03 Å². The molecule has 0 spiro atoms. The van der Waals surface area contributed by atoms with Gasteiger partial charge in [0.1, 0.15) is 5.82 Å². The fraction of sp³-hybridized carbons (Fsp3) is 0.412. The van der Waals surface area contributed by atoms with Gasteiger partial charge in [-0.3, -0.25) is 4.79 Å². The zero-order chi connectivity index (χ0) is 19.4. The number of amides is 3. The van der Waals surface area contributed by atoms with Crippen molar-refractivity contribution in [3.05, 3.63) is 36.0 Å². The molecule has 0 radical (unpaired) electrons. The first-order valence-electron chi connectivity index (χ1n) is 8.47. The van der Waals surface area contributed by atoms with Gasteiger partial charge < -0.3 is 24.7 Å². The number of carbonyl (C=O) groups is 2. The zero-order valence-corrected chi connectivity index (χ0v) is 14.8. The second-order valence-corrected chi connectivity index (χ2v) is 6.24. The molecule has 2 N–H and O–H groups in total. The van der Waals surface area contributed by atoms with Crippen LogP contribution >= 0.6 is 0 Å². The second kappa shape index (κ2) is 8.12.